The van der Waals surface area contributed by atoms with Gasteiger partial charge in [-0.25, -0.2) is 8.78 Å². The lowest BCUT2D eigenvalue weighted by atomic mass is 10.1. The van der Waals surface area contributed by atoms with Crippen LogP contribution in [-0.2, 0) is 16.0 Å². The van der Waals surface area contributed by atoms with Gasteiger partial charge in [0.15, 0.2) is 0 Å². The lowest BCUT2D eigenvalue weighted by molar-refractivity contribution is -0.139. The molecule has 0 unspecified atom stereocenters. The molecule has 0 radical (unpaired) electrons. The summed E-state index contributed by atoms with van der Waals surface area (Å²) in [7, 11) is 1.19. The fraction of sp³-hybridized carbons (Fsp3) is 0.300. The molecule has 0 aliphatic rings. The number of ether oxygens (including phenoxy) is 1. The largest absolute Gasteiger partial charge is 0.469 e. The van der Waals surface area contributed by atoms with Gasteiger partial charge in [-0.3, -0.25) is 9.78 Å². The molecule has 0 aliphatic heterocycles. The molecule has 90 valence electrons. The van der Waals surface area contributed by atoms with E-state index in [1.807, 2.05) is 6.07 Å². The second-order valence-electron chi connectivity index (χ2n) is 3.02. The van der Waals surface area contributed by atoms with Crippen molar-refractivity contribution in [2.45, 2.75) is 12.8 Å². The van der Waals surface area contributed by atoms with Crippen LogP contribution in [0, 0.1) is 14.9 Å². The van der Waals surface area contributed by atoms with Crippen LogP contribution >= 0.6 is 22.6 Å². The molecule has 0 atom stereocenters. The minimum Gasteiger partial charge on any atom is -0.469 e. The molecule has 4 nitrogen and oxygen atoms in total. The molecule has 0 amide bonds. The normalized spacial score (nSPS) is 10.1. The molecule has 7 heteroatoms. The zero-order valence-electron chi connectivity index (χ0n) is 8.71. The predicted octanol–water partition coefficient (Wildman–Crippen LogP) is 2.21. The van der Waals surface area contributed by atoms with E-state index in [1.54, 1.807) is 22.6 Å². The summed E-state index contributed by atoms with van der Waals surface area (Å²) >= 11 is 1.65. The first-order valence-corrected chi connectivity index (χ1v) is 5.51. The van der Waals surface area contributed by atoms with Gasteiger partial charge in [-0.05, 0) is 28.2 Å². The van der Waals surface area contributed by atoms with Gasteiger partial charge in [0, 0.05) is 9.77 Å². The predicted molar refractivity (Wildman–Crippen MR) is 62.3 cm³/mol. The summed E-state index contributed by atoms with van der Waals surface area (Å²) in [4.78, 5) is 14.7. The number of halogens is 3. The first kappa shape index (κ1) is 13.8. The summed E-state index contributed by atoms with van der Waals surface area (Å²) in [5.41, 5.74) is -0.0991. The fourth-order valence-corrected chi connectivity index (χ4v) is 2.04. The zero-order valence-corrected chi connectivity index (χ0v) is 10.9. The smallest absolute Gasteiger partial charge is 0.310 e. The molecule has 0 aliphatic carbocycles. The molecule has 1 heterocycles. The molecule has 0 saturated carbocycles. The van der Waals surface area contributed by atoms with Crippen LogP contribution in [0.1, 0.15) is 23.2 Å². The minimum atomic E-state index is -2.74. The molecule has 0 spiro atoms. The van der Waals surface area contributed by atoms with Gasteiger partial charge in [0.25, 0.3) is 6.43 Å². The van der Waals surface area contributed by atoms with Crippen LogP contribution in [0.15, 0.2) is 6.20 Å². The number of methoxy groups -OCH3 is 1. The maximum atomic E-state index is 12.6. The van der Waals surface area contributed by atoms with Crippen LogP contribution in [0.2, 0.25) is 0 Å². The maximum Gasteiger partial charge on any atom is 0.310 e. The Morgan fingerprint density at radius 3 is 2.82 bits per heavy atom. The quantitative estimate of drug-likeness (QED) is 0.618. The maximum absolute atomic E-state index is 12.6. The van der Waals surface area contributed by atoms with E-state index in [2.05, 4.69) is 9.72 Å². The number of hydrogen-bond acceptors (Lipinski definition) is 4. The van der Waals surface area contributed by atoms with Crippen LogP contribution in [0.4, 0.5) is 8.78 Å². The van der Waals surface area contributed by atoms with E-state index in [1.165, 1.54) is 7.11 Å². The van der Waals surface area contributed by atoms with Crippen LogP contribution in [-0.4, -0.2) is 18.1 Å². The summed E-state index contributed by atoms with van der Waals surface area (Å²) < 4.78 is 29.8. The number of nitrogens with zero attached hydrogens (tertiary/aromatic N) is 2. The Balaban J connectivity index is 3.28. The average molecular weight is 352 g/mol. The molecular weight excluding hydrogens is 345 g/mol. The Hall–Kier alpha value is -1.30. The van der Waals surface area contributed by atoms with Crippen LogP contribution in [0.5, 0.6) is 0 Å². The molecule has 1 aromatic heterocycles. The molecule has 17 heavy (non-hydrogen) atoms. The summed E-state index contributed by atoms with van der Waals surface area (Å²) in [6.45, 7) is 0. The van der Waals surface area contributed by atoms with Crippen molar-refractivity contribution in [2.75, 3.05) is 7.11 Å². The highest BCUT2D eigenvalue weighted by molar-refractivity contribution is 14.1. The van der Waals surface area contributed by atoms with E-state index in [0.717, 1.165) is 6.20 Å². The molecule has 0 fully saturated rings. The minimum absolute atomic E-state index is 0.101. The highest BCUT2D eigenvalue weighted by Crippen LogP contribution is 2.27. The highest BCUT2D eigenvalue weighted by Gasteiger charge is 2.20. The van der Waals surface area contributed by atoms with Crippen molar-refractivity contribution in [3.8, 4) is 6.07 Å². The lowest BCUT2D eigenvalue weighted by Gasteiger charge is -2.09. The second-order valence-corrected chi connectivity index (χ2v) is 4.09. The van der Waals surface area contributed by atoms with Gasteiger partial charge < -0.3 is 4.74 Å². The third-order valence-electron chi connectivity index (χ3n) is 2.02. The summed E-state index contributed by atoms with van der Waals surface area (Å²) in [6, 6.07) is 1.81. The van der Waals surface area contributed by atoms with Crippen LogP contribution < -0.4 is 0 Å². The number of rotatable bonds is 3. The van der Waals surface area contributed by atoms with E-state index in [-0.39, 0.29) is 21.1 Å². The molecule has 0 bridgehead atoms. The molecule has 0 saturated heterocycles. The number of esters is 1. The topological polar surface area (TPSA) is 63.0 Å². The van der Waals surface area contributed by atoms with Gasteiger partial charge in [0.2, 0.25) is 0 Å². The Kier molecular flexibility index (Phi) is 4.74. The average Bonchev–Trinajstić information content (AvgIpc) is 2.30. The van der Waals surface area contributed by atoms with Crippen LogP contribution in [0.25, 0.3) is 0 Å². The third kappa shape index (κ3) is 3.09. The number of hydrogen-bond donors (Lipinski definition) is 0. The van der Waals surface area contributed by atoms with E-state index >= 15 is 0 Å². The van der Waals surface area contributed by atoms with E-state index in [9.17, 15) is 13.6 Å². The van der Waals surface area contributed by atoms with E-state index < -0.39 is 18.1 Å². The van der Waals surface area contributed by atoms with Crippen molar-refractivity contribution < 1.29 is 18.3 Å². The van der Waals surface area contributed by atoms with Gasteiger partial charge in [-0.1, -0.05) is 0 Å². The Labute approximate surface area is 110 Å². The number of pyridine rings is 1. The van der Waals surface area contributed by atoms with Crippen molar-refractivity contribution in [3.63, 3.8) is 0 Å². The summed E-state index contributed by atoms with van der Waals surface area (Å²) in [5, 5.41) is 8.83. The van der Waals surface area contributed by atoms with Crippen molar-refractivity contribution in [3.05, 3.63) is 26.6 Å². The highest BCUT2D eigenvalue weighted by atomic mass is 127. The number of carbonyl (C=O) groups is 1. The number of alkyl halides is 2. The van der Waals surface area contributed by atoms with Crippen molar-refractivity contribution in [1.82, 2.24) is 4.98 Å². The standard InChI is InChI=1S/C10H7F2IN2O2/c1-17-7(16)2-6-5(3-14)4-15-9(8(6)13)10(11)12/h4,10H,2H2,1H3. The first-order chi connectivity index (χ1) is 8.01. The van der Waals surface area contributed by atoms with Crippen molar-refractivity contribution in [1.29, 1.82) is 5.26 Å². The van der Waals surface area contributed by atoms with E-state index in [0.29, 0.717) is 0 Å². The Morgan fingerprint density at radius 2 is 2.35 bits per heavy atom. The molecular formula is C10H7F2IN2O2. The van der Waals surface area contributed by atoms with Crippen molar-refractivity contribution in [2.24, 2.45) is 0 Å². The molecule has 0 N–H and O–H groups in total. The second kappa shape index (κ2) is 5.86. The monoisotopic (exact) mass is 352 g/mol. The molecule has 1 rings (SSSR count). The Morgan fingerprint density at radius 1 is 1.71 bits per heavy atom. The van der Waals surface area contributed by atoms with Gasteiger partial charge in [-0.2, -0.15) is 5.26 Å². The first-order valence-electron chi connectivity index (χ1n) is 4.43. The zero-order chi connectivity index (χ0) is 13.0. The number of aromatic nitrogens is 1. The van der Waals surface area contributed by atoms with Gasteiger partial charge in [0.05, 0.1) is 19.1 Å². The number of nitriles is 1. The molecule has 1 aromatic rings. The summed E-state index contributed by atoms with van der Waals surface area (Å²) in [5.74, 6) is -0.592. The number of carbonyl (C=O) groups excluding carboxylic acids is 1. The third-order valence-corrected chi connectivity index (χ3v) is 3.23. The summed E-state index contributed by atoms with van der Waals surface area (Å²) in [6.07, 6.45) is -1.92. The van der Waals surface area contributed by atoms with Crippen LogP contribution in [0.3, 0.4) is 0 Å². The van der Waals surface area contributed by atoms with Gasteiger partial charge in [0.1, 0.15) is 11.8 Å². The molecule has 0 aromatic carbocycles. The van der Waals surface area contributed by atoms with Crippen molar-refractivity contribution >= 4 is 28.6 Å². The SMILES string of the molecule is COC(=O)Cc1c(C#N)cnc(C(F)F)c1I. The fourth-order valence-electron chi connectivity index (χ4n) is 1.18. The van der Waals surface area contributed by atoms with Gasteiger partial charge >= 0.3 is 5.97 Å². The Bertz CT molecular complexity index is 486. The van der Waals surface area contributed by atoms with E-state index in [4.69, 9.17) is 5.26 Å². The lowest BCUT2D eigenvalue weighted by Crippen LogP contribution is -2.10. The van der Waals surface area contributed by atoms with Gasteiger partial charge in [-0.15, -0.1) is 0 Å².